The van der Waals surface area contributed by atoms with E-state index in [9.17, 15) is 0 Å². The van der Waals surface area contributed by atoms with Crippen molar-refractivity contribution in [2.45, 2.75) is 45.8 Å². The molecule has 4 heteroatoms. The smallest absolute Gasteiger partial charge is 0.0534 e. The summed E-state index contributed by atoms with van der Waals surface area (Å²) in [5.41, 5.74) is 1.33. The summed E-state index contributed by atoms with van der Waals surface area (Å²) in [5.74, 6) is 0. The van der Waals surface area contributed by atoms with Crippen molar-refractivity contribution in [2.75, 3.05) is 19.6 Å². The third-order valence-electron chi connectivity index (χ3n) is 3.53. The van der Waals surface area contributed by atoms with Gasteiger partial charge in [-0.2, -0.15) is 5.10 Å². The molecule has 0 spiro atoms. The quantitative estimate of drug-likeness (QED) is 0.844. The van der Waals surface area contributed by atoms with Gasteiger partial charge in [0.15, 0.2) is 0 Å². The summed E-state index contributed by atoms with van der Waals surface area (Å²) in [6, 6.07) is 1.15. The summed E-state index contributed by atoms with van der Waals surface area (Å²) in [7, 11) is 0. The highest BCUT2D eigenvalue weighted by molar-refractivity contribution is 5.05. The van der Waals surface area contributed by atoms with Crippen LogP contribution in [0.15, 0.2) is 12.4 Å². The van der Waals surface area contributed by atoms with E-state index >= 15 is 0 Å². The summed E-state index contributed by atoms with van der Waals surface area (Å²) >= 11 is 0. The van der Waals surface area contributed by atoms with E-state index in [1.807, 2.05) is 10.9 Å². The Morgan fingerprint density at radius 1 is 1.59 bits per heavy atom. The van der Waals surface area contributed by atoms with Gasteiger partial charge < -0.3 is 5.32 Å². The van der Waals surface area contributed by atoms with Crippen LogP contribution in [0.3, 0.4) is 0 Å². The highest BCUT2D eigenvalue weighted by Crippen LogP contribution is 2.13. The molecule has 2 rings (SSSR count). The van der Waals surface area contributed by atoms with Crippen LogP contribution in [0.1, 0.15) is 38.8 Å². The van der Waals surface area contributed by atoms with Crippen molar-refractivity contribution in [2.24, 2.45) is 0 Å². The van der Waals surface area contributed by atoms with Crippen molar-refractivity contribution in [3.63, 3.8) is 0 Å². The van der Waals surface area contributed by atoms with Crippen LogP contribution in [-0.2, 0) is 6.54 Å². The van der Waals surface area contributed by atoms with Gasteiger partial charge >= 0.3 is 0 Å². The maximum Gasteiger partial charge on any atom is 0.0534 e. The SMILES string of the molecule is CCN(Cc1cnn(C(C)C)c1)C1CCNC1. The largest absolute Gasteiger partial charge is 0.315 e. The lowest BCUT2D eigenvalue weighted by Gasteiger charge is -2.26. The van der Waals surface area contributed by atoms with Gasteiger partial charge in [-0.25, -0.2) is 0 Å². The molecule has 17 heavy (non-hydrogen) atoms. The number of nitrogens with one attached hydrogen (secondary N) is 1. The molecule has 4 nitrogen and oxygen atoms in total. The first kappa shape index (κ1) is 12.6. The van der Waals surface area contributed by atoms with E-state index < -0.39 is 0 Å². The van der Waals surface area contributed by atoms with Gasteiger partial charge in [-0.05, 0) is 33.4 Å². The summed E-state index contributed by atoms with van der Waals surface area (Å²) in [5, 5.41) is 7.84. The fourth-order valence-corrected chi connectivity index (χ4v) is 2.43. The van der Waals surface area contributed by atoms with Gasteiger partial charge in [-0.3, -0.25) is 9.58 Å². The molecule has 0 saturated carbocycles. The molecule has 1 aromatic heterocycles. The van der Waals surface area contributed by atoms with Crippen LogP contribution in [0.25, 0.3) is 0 Å². The van der Waals surface area contributed by atoms with Gasteiger partial charge in [0, 0.05) is 36.9 Å². The van der Waals surface area contributed by atoms with Gasteiger partial charge in [0.1, 0.15) is 0 Å². The number of hydrogen-bond acceptors (Lipinski definition) is 3. The zero-order chi connectivity index (χ0) is 12.3. The molecule has 1 atom stereocenters. The van der Waals surface area contributed by atoms with Crippen LogP contribution in [-0.4, -0.2) is 40.4 Å². The van der Waals surface area contributed by atoms with Crippen molar-refractivity contribution in [3.8, 4) is 0 Å². The average molecular weight is 236 g/mol. The fourth-order valence-electron chi connectivity index (χ4n) is 2.43. The van der Waals surface area contributed by atoms with E-state index in [1.165, 1.54) is 12.0 Å². The van der Waals surface area contributed by atoms with Crippen LogP contribution in [0, 0.1) is 0 Å². The molecule has 0 amide bonds. The molecule has 0 aromatic carbocycles. The molecule has 1 saturated heterocycles. The zero-order valence-electron chi connectivity index (χ0n) is 11.2. The molecule has 96 valence electrons. The maximum atomic E-state index is 4.40. The van der Waals surface area contributed by atoms with Crippen LogP contribution >= 0.6 is 0 Å². The Balaban J connectivity index is 1.97. The molecule has 0 aliphatic carbocycles. The molecule has 1 fully saturated rings. The van der Waals surface area contributed by atoms with E-state index in [0.717, 1.165) is 26.2 Å². The summed E-state index contributed by atoms with van der Waals surface area (Å²) in [4.78, 5) is 2.54. The number of aromatic nitrogens is 2. The fraction of sp³-hybridized carbons (Fsp3) is 0.769. The zero-order valence-corrected chi connectivity index (χ0v) is 11.2. The first-order valence-electron chi connectivity index (χ1n) is 6.68. The minimum Gasteiger partial charge on any atom is -0.315 e. The molecule has 0 radical (unpaired) electrons. The highest BCUT2D eigenvalue weighted by Gasteiger charge is 2.21. The van der Waals surface area contributed by atoms with Gasteiger partial charge in [0.2, 0.25) is 0 Å². The lowest BCUT2D eigenvalue weighted by molar-refractivity contribution is 0.210. The van der Waals surface area contributed by atoms with Crippen molar-refractivity contribution in [1.29, 1.82) is 0 Å². The lowest BCUT2D eigenvalue weighted by atomic mass is 10.2. The van der Waals surface area contributed by atoms with Crippen LogP contribution in [0.4, 0.5) is 0 Å². The number of rotatable bonds is 5. The first-order valence-corrected chi connectivity index (χ1v) is 6.68. The molecule has 2 heterocycles. The Hall–Kier alpha value is -0.870. The molecule has 1 aliphatic rings. The highest BCUT2D eigenvalue weighted by atomic mass is 15.3. The van der Waals surface area contributed by atoms with Gasteiger partial charge in [0.25, 0.3) is 0 Å². The van der Waals surface area contributed by atoms with Crippen LogP contribution < -0.4 is 5.32 Å². The number of hydrogen-bond donors (Lipinski definition) is 1. The van der Waals surface area contributed by atoms with E-state index in [4.69, 9.17) is 0 Å². The third-order valence-corrected chi connectivity index (χ3v) is 3.53. The maximum absolute atomic E-state index is 4.40. The Morgan fingerprint density at radius 2 is 2.41 bits per heavy atom. The van der Waals surface area contributed by atoms with E-state index in [2.05, 4.69) is 42.3 Å². The predicted octanol–water partition coefficient (Wildman–Crippen LogP) is 1.65. The standard InChI is InChI=1S/C13H24N4/c1-4-16(13-5-6-14-8-13)9-12-7-15-17(10-12)11(2)3/h7,10-11,13-14H,4-6,8-9H2,1-3H3. The summed E-state index contributed by atoms with van der Waals surface area (Å²) in [6.07, 6.45) is 5.45. The second kappa shape index (κ2) is 5.65. The Labute approximate surface area is 104 Å². The van der Waals surface area contributed by atoms with E-state index in [1.54, 1.807) is 0 Å². The Morgan fingerprint density at radius 3 is 2.94 bits per heavy atom. The average Bonchev–Trinajstić information content (AvgIpc) is 2.96. The summed E-state index contributed by atoms with van der Waals surface area (Å²) < 4.78 is 2.04. The van der Waals surface area contributed by atoms with Gasteiger partial charge in [0.05, 0.1) is 6.20 Å². The molecule has 1 N–H and O–H groups in total. The second-order valence-corrected chi connectivity index (χ2v) is 5.13. The van der Waals surface area contributed by atoms with E-state index in [-0.39, 0.29) is 0 Å². The first-order chi connectivity index (χ1) is 8.20. The monoisotopic (exact) mass is 236 g/mol. The predicted molar refractivity (Wildman–Crippen MR) is 70.0 cm³/mol. The minimum atomic E-state index is 0.451. The third kappa shape index (κ3) is 3.07. The molecular formula is C13H24N4. The van der Waals surface area contributed by atoms with Gasteiger partial charge in [-0.1, -0.05) is 6.92 Å². The topological polar surface area (TPSA) is 33.1 Å². The van der Waals surface area contributed by atoms with Crippen LogP contribution in [0.5, 0.6) is 0 Å². The Bertz CT molecular complexity index is 339. The number of likely N-dealkylation sites (N-methyl/N-ethyl adjacent to an activating group) is 1. The molecule has 1 aliphatic heterocycles. The second-order valence-electron chi connectivity index (χ2n) is 5.13. The summed E-state index contributed by atoms with van der Waals surface area (Å²) in [6.45, 7) is 11.0. The minimum absolute atomic E-state index is 0.451. The molecule has 1 unspecified atom stereocenters. The van der Waals surface area contributed by atoms with Crippen molar-refractivity contribution < 1.29 is 0 Å². The van der Waals surface area contributed by atoms with Crippen LogP contribution in [0.2, 0.25) is 0 Å². The van der Waals surface area contributed by atoms with Crippen molar-refractivity contribution in [1.82, 2.24) is 20.0 Å². The van der Waals surface area contributed by atoms with E-state index in [0.29, 0.717) is 12.1 Å². The Kier molecular flexibility index (Phi) is 4.18. The number of nitrogens with zero attached hydrogens (tertiary/aromatic N) is 3. The van der Waals surface area contributed by atoms with Crippen molar-refractivity contribution in [3.05, 3.63) is 18.0 Å². The molecule has 1 aromatic rings. The molecular weight excluding hydrogens is 212 g/mol. The lowest BCUT2D eigenvalue weighted by Crippen LogP contribution is -2.36. The normalized spacial score (nSPS) is 20.6. The van der Waals surface area contributed by atoms with Gasteiger partial charge in [-0.15, -0.1) is 0 Å². The van der Waals surface area contributed by atoms with Crippen molar-refractivity contribution >= 4 is 0 Å². The molecule has 0 bridgehead atoms.